The predicted molar refractivity (Wildman–Crippen MR) is 134 cm³/mol. The first kappa shape index (κ1) is 24.0. The molecule has 0 aliphatic heterocycles. The minimum atomic E-state index is -0.475. The summed E-state index contributed by atoms with van der Waals surface area (Å²) in [4.78, 5) is 22.7. The van der Waals surface area contributed by atoms with E-state index in [0.29, 0.717) is 28.2 Å². The van der Waals surface area contributed by atoms with Crippen molar-refractivity contribution in [3.8, 4) is 11.5 Å². The summed E-state index contributed by atoms with van der Waals surface area (Å²) in [6, 6.07) is 18.5. The zero-order valence-corrected chi connectivity index (χ0v) is 20.2. The van der Waals surface area contributed by atoms with Crippen molar-refractivity contribution in [1.29, 1.82) is 0 Å². The lowest BCUT2D eigenvalue weighted by molar-refractivity contribution is -0.384. The molecule has 0 unspecified atom stereocenters. The van der Waals surface area contributed by atoms with Gasteiger partial charge in [-0.15, -0.1) is 0 Å². The standard InChI is InChI=1S/C25H20BrN3O6/c1-2-33-20-8-10-22-18(12-20)13-24(35-22)25(30)28-27-14-17-5-9-23(21(26)11-17)34-15-16-3-6-19(7-4-16)29(31)32/h3-14H,2,15H2,1H3,(H,28,30)/b27-14+. The number of fused-ring (bicyclic) bond motifs is 1. The minimum absolute atomic E-state index is 0.0293. The van der Waals surface area contributed by atoms with Gasteiger partial charge in [0.2, 0.25) is 0 Å². The summed E-state index contributed by atoms with van der Waals surface area (Å²) in [6.45, 7) is 2.70. The van der Waals surface area contributed by atoms with Gasteiger partial charge >= 0.3 is 5.91 Å². The Balaban J connectivity index is 1.34. The maximum atomic E-state index is 12.4. The van der Waals surface area contributed by atoms with Gasteiger partial charge in [-0.25, -0.2) is 5.43 Å². The van der Waals surface area contributed by atoms with Crippen LogP contribution in [0.2, 0.25) is 0 Å². The summed E-state index contributed by atoms with van der Waals surface area (Å²) in [5, 5.41) is 15.5. The molecule has 0 fully saturated rings. The SMILES string of the molecule is CCOc1ccc2oc(C(=O)N/N=C/c3ccc(OCc4ccc([N+](=O)[O-])cc4)c(Br)c3)cc2c1. The van der Waals surface area contributed by atoms with Crippen molar-refractivity contribution in [2.45, 2.75) is 13.5 Å². The molecular formula is C25H20BrN3O6. The van der Waals surface area contributed by atoms with E-state index in [1.165, 1.54) is 18.3 Å². The van der Waals surface area contributed by atoms with Crippen molar-refractivity contribution in [3.63, 3.8) is 0 Å². The summed E-state index contributed by atoms with van der Waals surface area (Å²) >= 11 is 3.46. The first-order chi connectivity index (χ1) is 16.9. The maximum absolute atomic E-state index is 12.4. The number of halogens is 1. The Morgan fingerprint density at radius 1 is 1.11 bits per heavy atom. The largest absolute Gasteiger partial charge is 0.494 e. The molecule has 1 aromatic heterocycles. The summed E-state index contributed by atoms with van der Waals surface area (Å²) < 4.78 is 17.5. The molecular weight excluding hydrogens is 518 g/mol. The smallest absolute Gasteiger partial charge is 0.307 e. The highest BCUT2D eigenvalue weighted by Gasteiger charge is 2.12. The fraction of sp³-hybridized carbons (Fsp3) is 0.120. The van der Waals surface area contributed by atoms with E-state index in [-0.39, 0.29) is 18.1 Å². The molecule has 0 saturated carbocycles. The highest BCUT2D eigenvalue weighted by molar-refractivity contribution is 9.10. The van der Waals surface area contributed by atoms with Gasteiger partial charge < -0.3 is 13.9 Å². The average molecular weight is 538 g/mol. The molecule has 0 atom stereocenters. The van der Waals surface area contributed by atoms with Crippen LogP contribution in [-0.4, -0.2) is 23.7 Å². The Hall–Kier alpha value is -4.18. The molecule has 0 bridgehead atoms. The number of hydrazone groups is 1. The molecule has 1 heterocycles. The molecule has 4 aromatic rings. The highest BCUT2D eigenvalue weighted by Crippen LogP contribution is 2.27. The molecule has 0 radical (unpaired) electrons. The zero-order chi connectivity index (χ0) is 24.8. The van der Waals surface area contributed by atoms with Gasteiger partial charge in [-0.05, 0) is 88.6 Å². The van der Waals surface area contributed by atoms with Gasteiger partial charge in [0.15, 0.2) is 5.76 Å². The van der Waals surface area contributed by atoms with E-state index in [0.717, 1.165) is 16.5 Å². The number of hydrogen-bond acceptors (Lipinski definition) is 7. The first-order valence-corrected chi connectivity index (χ1v) is 11.4. The third-order valence-corrected chi connectivity index (χ3v) is 5.52. The number of benzene rings is 3. The molecule has 3 aromatic carbocycles. The lowest BCUT2D eigenvalue weighted by atomic mass is 10.2. The third kappa shape index (κ3) is 6.04. The van der Waals surface area contributed by atoms with Crippen LogP contribution >= 0.6 is 15.9 Å². The Bertz CT molecular complexity index is 1400. The molecule has 10 heteroatoms. The van der Waals surface area contributed by atoms with Gasteiger partial charge in [0.05, 0.1) is 22.2 Å². The topological polar surface area (TPSA) is 116 Å². The number of amides is 1. The van der Waals surface area contributed by atoms with E-state index in [4.69, 9.17) is 13.9 Å². The van der Waals surface area contributed by atoms with Gasteiger partial charge in [0.1, 0.15) is 23.7 Å². The van der Waals surface area contributed by atoms with E-state index in [2.05, 4.69) is 26.5 Å². The second-order valence-corrected chi connectivity index (χ2v) is 8.20. The zero-order valence-electron chi connectivity index (χ0n) is 18.6. The number of rotatable bonds is 9. The van der Waals surface area contributed by atoms with Crippen LogP contribution in [0.4, 0.5) is 5.69 Å². The normalized spacial score (nSPS) is 11.0. The lowest BCUT2D eigenvalue weighted by Gasteiger charge is -2.09. The molecule has 0 aliphatic carbocycles. The summed E-state index contributed by atoms with van der Waals surface area (Å²) in [5.74, 6) is 0.967. The number of nitrogens with zero attached hydrogens (tertiary/aromatic N) is 2. The second kappa shape index (κ2) is 10.8. The molecule has 1 amide bonds. The van der Waals surface area contributed by atoms with Crippen LogP contribution in [-0.2, 0) is 6.61 Å². The third-order valence-electron chi connectivity index (χ3n) is 4.90. The number of ether oxygens (including phenoxy) is 2. The van der Waals surface area contributed by atoms with Crippen LogP contribution in [0.1, 0.15) is 28.6 Å². The number of non-ortho nitro benzene ring substituents is 1. The van der Waals surface area contributed by atoms with E-state index in [1.807, 2.05) is 13.0 Å². The van der Waals surface area contributed by atoms with E-state index in [1.54, 1.807) is 48.5 Å². The number of hydrogen-bond donors (Lipinski definition) is 1. The lowest BCUT2D eigenvalue weighted by Crippen LogP contribution is -2.16. The van der Waals surface area contributed by atoms with Crippen LogP contribution in [0.5, 0.6) is 11.5 Å². The Labute approximate surface area is 208 Å². The van der Waals surface area contributed by atoms with Gasteiger partial charge in [0.25, 0.3) is 5.69 Å². The molecule has 9 nitrogen and oxygen atoms in total. The number of nitro benzene ring substituents is 1. The van der Waals surface area contributed by atoms with E-state index < -0.39 is 10.8 Å². The van der Waals surface area contributed by atoms with Crippen LogP contribution < -0.4 is 14.9 Å². The number of carbonyl (C=O) groups is 1. The number of nitro groups is 1. The van der Waals surface area contributed by atoms with Gasteiger partial charge in [-0.3, -0.25) is 14.9 Å². The number of furan rings is 1. The minimum Gasteiger partial charge on any atom is -0.494 e. The van der Waals surface area contributed by atoms with Crippen molar-refractivity contribution in [2.75, 3.05) is 6.61 Å². The van der Waals surface area contributed by atoms with Crippen LogP contribution in [0.15, 0.2) is 80.7 Å². The molecule has 178 valence electrons. The van der Waals surface area contributed by atoms with Crippen molar-refractivity contribution < 1.29 is 23.6 Å². The number of nitrogens with one attached hydrogen (secondary N) is 1. The van der Waals surface area contributed by atoms with Gasteiger partial charge in [0, 0.05) is 17.5 Å². The van der Waals surface area contributed by atoms with Gasteiger partial charge in [-0.1, -0.05) is 0 Å². The molecule has 0 saturated heterocycles. The molecule has 4 rings (SSSR count). The highest BCUT2D eigenvalue weighted by atomic mass is 79.9. The maximum Gasteiger partial charge on any atom is 0.307 e. The molecule has 0 aliphatic rings. The monoisotopic (exact) mass is 537 g/mol. The van der Waals surface area contributed by atoms with Crippen molar-refractivity contribution in [1.82, 2.24) is 5.43 Å². The van der Waals surface area contributed by atoms with Crippen LogP contribution in [0, 0.1) is 10.1 Å². The van der Waals surface area contributed by atoms with E-state index >= 15 is 0 Å². The fourth-order valence-electron chi connectivity index (χ4n) is 3.20. The second-order valence-electron chi connectivity index (χ2n) is 7.34. The predicted octanol–water partition coefficient (Wildman–Crippen LogP) is 5.85. The average Bonchev–Trinajstić information content (AvgIpc) is 3.28. The molecule has 1 N–H and O–H groups in total. The Morgan fingerprint density at radius 2 is 1.91 bits per heavy atom. The molecule has 35 heavy (non-hydrogen) atoms. The van der Waals surface area contributed by atoms with Gasteiger partial charge in [-0.2, -0.15) is 5.10 Å². The van der Waals surface area contributed by atoms with Crippen LogP contribution in [0.25, 0.3) is 11.0 Å². The van der Waals surface area contributed by atoms with E-state index in [9.17, 15) is 14.9 Å². The summed E-state index contributed by atoms with van der Waals surface area (Å²) in [5.41, 5.74) is 4.59. The summed E-state index contributed by atoms with van der Waals surface area (Å²) in [7, 11) is 0. The Kier molecular flexibility index (Phi) is 7.41. The molecule has 0 spiro atoms. The van der Waals surface area contributed by atoms with Crippen molar-refractivity contribution >= 4 is 44.7 Å². The van der Waals surface area contributed by atoms with Crippen LogP contribution in [0.3, 0.4) is 0 Å². The summed E-state index contributed by atoms with van der Waals surface area (Å²) in [6.07, 6.45) is 1.50. The Morgan fingerprint density at radius 3 is 2.63 bits per heavy atom. The quantitative estimate of drug-likeness (QED) is 0.163. The first-order valence-electron chi connectivity index (χ1n) is 10.6. The van der Waals surface area contributed by atoms with Crippen molar-refractivity contribution in [3.05, 3.63) is 98.2 Å². The van der Waals surface area contributed by atoms with Crippen molar-refractivity contribution in [2.24, 2.45) is 5.10 Å². The fourth-order valence-corrected chi connectivity index (χ4v) is 3.71. The number of carbonyl (C=O) groups excluding carboxylic acids is 1.